The van der Waals surface area contributed by atoms with Crippen LogP contribution in [0, 0.1) is 19.7 Å². The molecule has 0 saturated heterocycles. The quantitative estimate of drug-likeness (QED) is 0.884. The first-order valence-corrected chi connectivity index (χ1v) is 6.55. The maximum atomic E-state index is 13.8. The highest BCUT2D eigenvalue weighted by atomic mass is 35.5. The molecule has 0 saturated carbocycles. The van der Waals surface area contributed by atoms with Gasteiger partial charge in [-0.2, -0.15) is 0 Å². The second kappa shape index (κ2) is 5.72. The van der Waals surface area contributed by atoms with Crippen molar-refractivity contribution in [1.29, 1.82) is 0 Å². The number of aryl methyl sites for hydroxylation is 2. The summed E-state index contributed by atoms with van der Waals surface area (Å²) in [5.41, 5.74) is 3.31. The van der Waals surface area contributed by atoms with Crippen LogP contribution in [0.3, 0.4) is 0 Å². The van der Waals surface area contributed by atoms with Crippen molar-refractivity contribution in [3.05, 3.63) is 69.5 Å². The van der Waals surface area contributed by atoms with Gasteiger partial charge in [-0.15, -0.1) is 0 Å². The molecule has 3 heteroatoms. The molecule has 1 N–H and O–H groups in total. The molecule has 0 aromatic heterocycles. The van der Waals surface area contributed by atoms with E-state index >= 15 is 0 Å². The third-order valence-corrected chi connectivity index (χ3v) is 3.61. The van der Waals surface area contributed by atoms with Gasteiger partial charge in [0.05, 0.1) is 11.1 Å². The lowest BCUT2D eigenvalue weighted by Crippen LogP contribution is -2.07. The summed E-state index contributed by atoms with van der Waals surface area (Å²) in [4.78, 5) is 0. The number of benzene rings is 2. The molecule has 1 nitrogen and oxygen atoms in total. The van der Waals surface area contributed by atoms with E-state index in [0.29, 0.717) is 5.56 Å². The van der Waals surface area contributed by atoms with Crippen LogP contribution in [0.5, 0.6) is 0 Å². The highest BCUT2D eigenvalue weighted by Crippen LogP contribution is 2.27. The van der Waals surface area contributed by atoms with Crippen molar-refractivity contribution in [2.75, 3.05) is 0 Å². The van der Waals surface area contributed by atoms with Gasteiger partial charge in [-0.25, -0.2) is 4.39 Å². The number of halogens is 2. The van der Waals surface area contributed by atoms with Gasteiger partial charge in [0.15, 0.2) is 0 Å². The number of aliphatic hydroxyl groups is 1. The van der Waals surface area contributed by atoms with E-state index in [0.717, 1.165) is 16.7 Å². The van der Waals surface area contributed by atoms with E-state index in [9.17, 15) is 9.50 Å². The topological polar surface area (TPSA) is 20.2 Å². The summed E-state index contributed by atoms with van der Waals surface area (Å²) < 4.78 is 13.8. The predicted molar refractivity (Wildman–Crippen MR) is 76.0 cm³/mol. The zero-order valence-electron chi connectivity index (χ0n) is 11.0. The lowest BCUT2D eigenvalue weighted by Gasteiger charge is -2.17. The summed E-state index contributed by atoms with van der Waals surface area (Å²) in [6.45, 7) is 3.89. The molecule has 2 aromatic rings. The van der Waals surface area contributed by atoms with E-state index in [1.54, 1.807) is 12.1 Å². The van der Waals surface area contributed by atoms with Crippen molar-refractivity contribution < 1.29 is 9.50 Å². The predicted octanol–water partition coefficient (Wildman–Crippen LogP) is 4.37. The summed E-state index contributed by atoms with van der Waals surface area (Å²) in [6.07, 6.45) is -0.507. The third-order valence-electron chi connectivity index (χ3n) is 3.32. The Kier molecular flexibility index (Phi) is 4.23. The molecule has 0 aliphatic rings. The summed E-state index contributed by atoms with van der Waals surface area (Å²) in [7, 11) is 0. The van der Waals surface area contributed by atoms with Crippen molar-refractivity contribution in [3.63, 3.8) is 0 Å². The Morgan fingerprint density at radius 3 is 2.32 bits per heavy atom. The standard InChI is InChI=1S/C16H16ClFO/c1-10-5-3-6-11(2)15(10)14(19)9-12-7-4-8-13(17)16(12)18/h3-8,14,19H,9H2,1-2H3. The van der Waals surface area contributed by atoms with Gasteiger partial charge < -0.3 is 5.11 Å². The lowest BCUT2D eigenvalue weighted by molar-refractivity contribution is 0.175. The van der Waals surface area contributed by atoms with Gasteiger partial charge in [-0.1, -0.05) is 41.9 Å². The smallest absolute Gasteiger partial charge is 0.145 e. The van der Waals surface area contributed by atoms with Crippen LogP contribution in [0.15, 0.2) is 36.4 Å². The minimum Gasteiger partial charge on any atom is -0.388 e. The average Bonchev–Trinajstić information content (AvgIpc) is 2.35. The zero-order valence-corrected chi connectivity index (χ0v) is 11.7. The first-order valence-electron chi connectivity index (χ1n) is 6.17. The van der Waals surface area contributed by atoms with Crippen LogP contribution in [-0.2, 0) is 6.42 Å². The van der Waals surface area contributed by atoms with Gasteiger partial charge in [0.25, 0.3) is 0 Å². The fourth-order valence-electron chi connectivity index (χ4n) is 2.37. The molecule has 0 heterocycles. The Morgan fingerprint density at radius 2 is 1.68 bits per heavy atom. The van der Waals surface area contributed by atoms with Gasteiger partial charge >= 0.3 is 0 Å². The number of rotatable bonds is 3. The summed E-state index contributed by atoms with van der Waals surface area (Å²) in [6, 6.07) is 10.7. The molecule has 0 aliphatic carbocycles. The van der Waals surface area contributed by atoms with Crippen LogP contribution in [0.4, 0.5) is 4.39 Å². The molecule has 0 amide bonds. The number of hydrogen-bond donors (Lipinski definition) is 1. The van der Waals surface area contributed by atoms with Crippen LogP contribution in [0.2, 0.25) is 5.02 Å². The Hall–Kier alpha value is -1.38. The summed E-state index contributed by atoms with van der Waals surface area (Å²) >= 11 is 5.75. The largest absolute Gasteiger partial charge is 0.388 e. The van der Waals surface area contributed by atoms with Crippen molar-refractivity contribution in [3.8, 4) is 0 Å². The van der Waals surface area contributed by atoms with Crippen molar-refractivity contribution in [2.45, 2.75) is 26.4 Å². The minimum absolute atomic E-state index is 0.0891. The molecule has 0 bridgehead atoms. The molecular formula is C16H16ClFO. The van der Waals surface area contributed by atoms with Crippen LogP contribution < -0.4 is 0 Å². The highest BCUT2D eigenvalue weighted by Gasteiger charge is 2.16. The molecule has 0 spiro atoms. The maximum absolute atomic E-state index is 13.8. The van der Waals surface area contributed by atoms with Gasteiger partial charge in [-0.3, -0.25) is 0 Å². The molecule has 0 fully saturated rings. The highest BCUT2D eigenvalue weighted by molar-refractivity contribution is 6.30. The van der Waals surface area contributed by atoms with Crippen molar-refractivity contribution in [1.82, 2.24) is 0 Å². The molecule has 2 aromatic carbocycles. The Labute approximate surface area is 117 Å². The van der Waals surface area contributed by atoms with Crippen LogP contribution >= 0.6 is 11.6 Å². The Morgan fingerprint density at radius 1 is 1.11 bits per heavy atom. The van der Waals surface area contributed by atoms with Gasteiger partial charge in [0.1, 0.15) is 5.82 Å². The van der Waals surface area contributed by atoms with Gasteiger partial charge in [0.2, 0.25) is 0 Å². The van der Waals surface area contributed by atoms with Crippen molar-refractivity contribution >= 4 is 11.6 Å². The fraction of sp³-hybridized carbons (Fsp3) is 0.250. The molecule has 100 valence electrons. The summed E-state index contributed by atoms with van der Waals surface area (Å²) in [5, 5.41) is 10.4. The second-order valence-electron chi connectivity index (χ2n) is 4.74. The minimum atomic E-state index is -0.728. The summed E-state index contributed by atoms with van der Waals surface area (Å²) in [5.74, 6) is -0.450. The number of aliphatic hydroxyl groups excluding tert-OH is 1. The number of hydrogen-bond acceptors (Lipinski definition) is 1. The average molecular weight is 279 g/mol. The lowest BCUT2D eigenvalue weighted by atomic mass is 9.94. The van der Waals surface area contributed by atoms with Gasteiger partial charge in [-0.05, 0) is 42.2 Å². The van der Waals surface area contributed by atoms with Crippen LogP contribution in [-0.4, -0.2) is 5.11 Å². The fourth-order valence-corrected chi connectivity index (χ4v) is 2.56. The first kappa shape index (κ1) is 14.0. The molecule has 2 rings (SSSR count). The molecule has 1 unspecified atom stereocenters. The van der Waals surface area contributed by atoms with E-state index in [-0.39, 0.29) is 11.4 Å². The molecule has 0 radical (unpaired) electrons. The molecule has 0 aliphatic heterocycles. The van der Waals surface area contributed by atoms with E-state index in [2.05, 4.69) is 0 Å². The zero-order chi connectivity index (χ0) is 14.0. The first-order chi connectivity index (χ1) is 9.00. The van der Waals surface area contributed by atoms with Crippen molar-refractivity contribution in [2.24, 2.45) is 0 Å². The molecular weight excluding hydrogens is 263 g/mol. The second-order valence-corrected chi connectivity index (χ2v) is 5.15. The van der Waals surface area contributed by atoms with E-state index < -0.39 is 11.9 Å². The van der Waals surface area contributed by atoms with Crippen LogP contribution in [0.1, 0.15) is 28.4 Å². The molecule has 1 atom stereocenters. The molecule has 19 heavy (non-hydrogen) atoms. The Balaban J connectivity index is 2.31. The normalized spacial score (nSPS) is 12.5. The maximum Gasteiger partial charge on any atom is 0.145 e. The van der Waals surface area contributed by atoms with E-state index in [4.69, 9.17) is 11.6 Å². The van der Waals surface area contributed by atoms with Gasteiger partial charge in [0, 0.05) is 6.42 Å². The SMILES string of the molecule is Cc1cccc(C)c1C(O)Cc1cccc(Cl)c1F. The van der Waals surface area contributed by atoms with Crippen LogP contribution in [0.25, 0.3) is 0 Å². The van der Waals surface area contributed by atoms with E-state index in [1.165, 1.54) is 6.07 Å². The Bertz CT molecular complexity index is 575. The van der Waals surface area contributed by atoms with E-state index in [1.807, 2.05) is 32.0 Å². The third kappa shape index (κ3) is 2.96. The monoisotopic (exact) mass is 278 g/mol.